The van der Waals surface area contributed by atoms with Crippen molar-refractivity contribution in [3.05, 3.63) is 88.5 Å². The third-order valence-electron chi connectivity index (χ3n) is 6.35. The van der Waals surface area contributed by atoms with Crippen molar-refractivity contribution in [2.24, 2.45) is 4.99 Å². The van der Waals surface area contributed by atoms with Gasteiger partial charge in [0.1, 0.15) is 11.6 Å². The fourth-order valence-electron chi connectivity index (χ4n) is 4.60. The van der Waals surface area contributed by atoms with Crippen LogP contribution >= 0.6 is 12.4 Å². The molecule has 3 aromatic heterocycles. The zero-order chi connectivity index (χ0) is 26.0. The van der Waals surface area contributed by atoms with Crippen molar-refractivity contribution >= 4 is 46.9 Å². The molecular weight excluding hydrogens is 509 g/mol. The lowest BCUT2D eigenvalue weighted by molar-refractivity contribution is 0.397. The van der Waals surface area contributed by atoms with Crippen molar-refractivity contribution < 1.29 is 9.13 Å². The van der Waals surface area contributed by atoms with Crippen molar-refractivity contribution in [2.45, 2.75) is 32.6 Å². The molecule has 38 heavy (non-hydrogen) atoms. The van der Waals surface area contributed by atoms with Crippen LogP contribution in [0, 0.1) is 5.82 Å². The summed E-state index contributed by atoms with van der Waals surface area (Å²) in [5.74, 6) is 1.78. The van der Waals surface area contributed by atoms with Gasteiger partial charge in [-0.25, -0.2) is 14.4 Å². The lowest BCUT2D eigenvalue weighted by atomic mass is 10.1. The summed E-state index contributed by atoms with van der Waals surface area (Å²) in [4.78, 5) is 33.6. The summed E-state index contributed by atoms with van der Waals surface area (Å²) in [5.41, 5.74) is 8.37. The first-order valence-corrected chi connectivity index (χ1v) is 12.1. The topological polar surface area (TPSA) is 119 Å². The van der Waals surface area contributed by atoms with E-state index in [1.54, 1.807) is 36.7 Å². The number of amidine groups is 1. The molecule has 0 saturated heterocycles. The van der Waals surface area contributed by atoms with Gasteiger partial charge in [0, 0.05) is 30.7 Å². The summed E-state index contributed by atoms with van der Waals surface area (Å²) in [5, 5.41) is 0. The normalized spacial score (nSPS) is 15.9. The van der Waals surface area contributed by atoms with Crippen LogP contribution in [-0.2, 0) is 6.42 Å². The Morgan fingerprint density at radius 2 is 1.89 bits per heavy atom. The van der Waals surface area contributed by atoms with Gasteiger partial charge in [-0.1, -0.05) is 25.8 Å². The molecule has 11 heteroatoms. The summed E-state index contributed by atoms with van der Waals surface area (Å²) >= 11 is 0. The number of nitrogen functional groups attached to an aromatic ring is 1. The molecule has 1 atom stereocenters. The molecule has 0 spiro atoms. The van der Waals surface area contributed by atoms with Crippen molar-refractivity contribution in [1.82, 2.24) is 24.4 Å². The molecule has 4 heterocycles. The van der Waals surface area contributed by atoms with Crippen LogP contribution in [0.5, 0.6) is 5.88 Å². The molecule has 0 fully saturated rings. The summed E-state index contributed by atoms with van der Waals surface area (Å²) < 4.78 is 19.6. The Hall–Kier alpha value is -4.15. The number of quaternary nitrogens is 1. The Kier molecular flexibility index (Phi) is 7.84. The van der Waals surface area contributed by atoms with E-state index >= 15 is 0 Å². The lowest BCUT2D eigenvalue weighted by Crippen LogP contribution is -2.44. The minimum atomic E-state index is -0.414. The standard InChI is InChI=1S/C27H26FN7O2.ClH/c1-3-4-5-9-21-32-25(29)24-27(33-21)35(19-10-12-22(36)30-15-19,20-11-13-23(37-2)31-16-20)26(34-24)17-7-6-8-18(28)14-17;/h6-8,10-16H,3-5,9H2,1-2H3,(H2-,29,30,32,33,36);1H/p+1. The second-order valence-corrected chi connectivity index (χ2v) is 8.74. The van der Waals surface area contributed by atoms with E-state index < -0.39 is 5.82 Å². The van der Waals surface area contributed by atoms with E-state index in [-0.39, 0.29) is 28.3 Å². The smallest absolute Gasteiger partial charge is 0.276 e. The Labute approximate surface area is 225 Å². The van der Waals surface area contributed by atoms with Gasteiger partial charge >= 0.3 is 0 Å². The molecule has 196 valence electrons. The van der Waals surface area contributed by atoms with Gasteiger partial charge < -0.3 is 15.5 Å². The average Bonchev–Trinajstić information content (AvgIpc) is 3.26. The van der Waals surface area contributed by atoms with Gasteiger partial charge in [0.05, 0.1) is 25.1 Å². The first-order valence-electron chi connectivity index (χ1n) is 12.1. The number of hydrogen-bond donors (Lipinski definition) is 2. The van der Waals surface area contributed by atoms with Crippen LogP contribution in [-0.4, -0.2) is 32.9 Å². The van der Waals surface area contributed by atoms with E-state index in [0.717, 1.165) is 19.3 Å². The average molecular weight is 537 g/mol. The summed E-state index contributed by atoms with van der Waals surface area (Å²) in [7, 11) is 1.54. The van der Waals surface area contributed by atoms with Crippen molar-refractivity contribution in [2.75, 3.05) is 12.8 Å². The number of aromatic amines is 1. The number of fused-ring (bicyclic) bond motifs is 1. The van der Waals surface area contributed by atoms with E-state index in [2.05, 4.69) is 21.9 Å². The second kappa shape index (κ2) is 11.1. The summed E-state index contributed by atoms with van der Waals surface area (Å²) in [6.07, 6.45) is 6.91. The number of nitrogens with two attached hydrogens (primary N) is 1. The number of benzene rings is 1. The van der Waals surface area contributed by atoms with E-state index in [0.29, 0.717) is 52.4 Å². The molecule has 1 unspecified atom stereocenters. The molecule has 5 rings (SSSR count). The van der Waals surface area contributed by atoms with Gasteiger partial charge in [0.25, 0.3) is 11.7 Å². The van der Waals surface area contributed by atoms with Crippen LogP contribution < -0.4 is 20.5 Å². The number of aliphatic imine (C=N–C) groups is 1. The highest BCUT2D eigenvalue weighted by Crippen LogP contribution is 2.54. The summed E-state index contributed by atoms with van der Waals surface area (Å²) in [6, 6.07) is 12.9. The molecule has 0 saturated carbocycles. The molecule has 0 radical (unpaired) electrons. The number of aromatic nitrogens is 4. The minimum absolute atomic E-state index is 0. The van der Waals surface area contributed by atoms with Crippen molar-refractivity contribution in [3.63, 3.8) is 0 Å². The quantitative estimate of drug-likeness (QED) is 0.226. The number of methoxy groups -OCH3 is 1. The SMILES string of the molecule is CCCCCc1nc(N)c2c(n1)[N+](c1ccc(OC)nc1)(c1ccc(=O)[nH]c1)C(c1cccc(F)c1)=N2.Cl. The largest absolute Gasteiger partial charge is 0.481 e. The Morgan fingerprint density at radius 3 is 2.55 bits per heavy atom. The first-order chi connectivity index (χ1) is 18.0. The van der Waals surface area contributed by atoms with Crippen LogP contribution in [0.2, 0.25) is 0 Å². The number of aryl methyl sites for hydroxylation is 1. The third-order valence-corrected chi connectivity index (χ3v) is 6.35. The maximum Gasteiger partial charge on any atom is 0.276 e. The van der Waals surface area contributed by atoms with Crippen molar-refractivity contribution in [3.8, 4) is 5.88 Å². The molecule has 1 aliphatic rings. The molecule has 3 N–H and O–H groups in total. The Bertz CT molecular complexity index is 1520. The molecule has 0 bridgehead atoms. The van der Waals surface area contributed by atoms with Crippen LogP contribution in [0.3, 0.4) is 0 Å². The molecule has 1 aromatic carbocycles. The van der Waals surface area contributed by atoms with Crippen LogP contribution in [0.1, 0.15) is 37.6 Å². The molecule has 9 nitrogen and oxygen atoms in total. The molecular formula is C27H28ClFN7O2+. The zero-order valence-corrected chi connectivity index (χ0v) is 21.8. The van der Waals surface area contributed by atoms with Gasteiger partial charge in [-0.3, -0.25) is 4.79 Å². The highest BCUT2D eigenvalue weighted by atomic mass is 35.5. The molecule has 0 amide bonds. The molecule has 4 aromatic rings. The maximum atomic E-state index is 14.5. The number of hydrogen-bond acceptors (Lipinski definition) is 7. The number of halogens is 2. The number of ether oxygens (including phenoxy) is 1. The highest BCUT2D eigenvalue weighted by molar-refractivity contribution is 6.19. The van der Waals surface area contributed by atoms with Crippen molar-refractivity contribution in [1.29, 1.82) is 0 Å². The van der Waals surface area contributed by atoms with Gasteiger partial charge in [-0.05, 0) is 24.6 Å². The number of nitrogens with one attached hydrogen (secondary N) is 1. The number of pyridine rings is 2. The maximum absolute atomic E-state index is 14.5. The van der Waals surface area contributed by atoms with Gasteiger partial charge in [0.15, 0.2) is 22.9 Å². The Morgan fingerprint density at radius 1 is 1.08 bits per heavy atom. The number of H-pyrrole nitrogens is 1. The second-order valence-electron chi connectivity index (χ2n) is 8.74. The fourth-order valence-corrected chi connectivity index (χ4v) is 4.60. The van der Waals surface area contributed by atoms with E-state index in [1.807, 2.05) is 6.07 Å². The van der Waals surface area contributed by atoms with Crippen LogP contribution in [0.25, 0.3) is 0 Å². The summed E-state index contributed by atoms with van der Waals surface area (Å²) in [6.45, 7) is 2.13. The minimum Gasteiger partial charge on any atom is -0.481 e. The van der Waals surface area contributed by atoms with E-state index in [9.17, 15) is 9.18 Å². The highest BCUT2D eigenvalue weighted by Gasteiger charge is 2.52. The fraction of sp³-hybridized carbons (Fsp3) is 0.222. The Balaban J connectivity index is 0.00000336. The molecule has 0 aliphatic carbocycles. The number of anilines is 1. The zero-order valence-electron chi connectivity index (χ0n) is 21.0. The number of nitrogens with zero attached hydrogens (tertiary/aromatic N) is 5. The van der Waals surface area contributed by atoms with E-state index in [4.69, 9.17) is 20.4 Å². The lowest BCUT2D eigenvalue weighted by Gasteiger charge is -2.32. The predicted molar refractivity (Wildman–Crippen MR) is 148 cm³/mol. The van der Waals surface area contributed by atoms with E-state index in [1.165, 1.54) is 25.3 Å². The molecule has 1 aliphatic heterocycles. The number of rotatable bonds is 8. The van der Waals surface area contributed by atoms with Gasteiger partial charge in [-0.2, -0.15) is 14.5 Å². The monoisotopic (exact) mass is 536 g/mol. The first kappa shape index (κ1) is 26.9. The van der Waals surface area contributed by atoms with Crippen LogP contribution in [0.15, 0.2) is 70.7 Å². The van der Waals surface area contributed by atoms with Crippen LogP contribution in [0.4, 0.5) is 33.1 Å². The predicted octanol–water partition coefficient (Wildman–Crippen LogP) is 5.51. The van der Waals surface area contributed by atoms with Gasteiger partial charge in [-0.15, -0.1) is 12.4 Å². The third kappa shape index (κ3) is 4.64. The number of unbranched alkanes of at least 4 members (excludes halogenated alkanes) is 2. The van der Waals surface area contributed by atoms with Gasteiger partial charge in [0.2, 0.25) is 11.4 Å².